The highest BCUT2D eigenvalue weighted by molar-refractivity contribution is 7.91. The number of rotatable bonds is 8. The molecule has 3 aromatic heterocycles. The molecule has 0 unspecified atom stereocenters. The number of nitrogens with zero attached hydrogens (tertiary/aromatic N) is 4. The number of nitrogens with two attached hydrogens (primary N) is 1. The number of halogens is 2. The van der Waals surface area contributed by atoms with E-state index < -0.39 is 32.8 Å². The first-order valence-corrected chi connectivity index (χ1v) is 14.8. The van der Waals surface area contributed by atoms with Crippen LogP contribution >= 0.6 is 0 Å². The van der Waals surface area contributed by atoms with E-state index in [0.717, 1.165) is 17.7 Å². The van der Waals surface area contributed by atoms with Crippen molar-refractivity contribution < 1.29 is 27.0 Å². The molecule has 10 nitrogen and oxygen atoms in total. The number of fused-ring (bicyclic) bond motifs is 1. The van der Waals surface area contributed by atoms with E-state index in [1.807, 2.05) is 13.0 Å². The van der Waals surface area contributed by atoms with Crippen molar-refractivity contribution in [1.29, 1.82) is 0 Å². The zero-order valence-corrected chi connectivity index (χ0v) is 22.8. The van der Waals surface area contributed by atoms with Crippen molar-refractivity contribution >= 4 is 27.0 Å². The maximum atomic E-state index is 14.9. The van der Waals surface area contributed by atoms with Crippen LogP contribution in [0.1, 0.15) is 31.2 Å². The Hall–Kier alpha value is -3.68. The van der Waals surface area contributed by atoms with Gasteiger partial charge in [-0.1, -0.05) is 6.92 Å². The zero-order valence-electron chi connectivity index (χ0n) is 22.0. The van der Waals surface area contributed by atoms with Crippen molar-refractivity contribution in [2.75, 3.05) is 24.8 Å². The maximum Gasteiger partial charge on any atom is 0.229 e. The Morgan fingerprint density at radius 3 is 2.60 bits per heavy atom. The number of anilines is 2. The van der Waals surface area contributed by atoms with Gasteiger partial charge in [0.15, 0.2) is 9.84 Å². The molecule has 1 saturated carbocycles. The van der Waals surface area contributed by atoms with Crippen LogP contribution < -0.4 is 15.8 Å². The summed E-state index contributed by atoms with van der Waals surface area (Å²) in [7, 11) is -3.29. The molecule has 4 atom stereocenters. The first-order chi connectivity index (χ1) is 19.1. The van der Waals surface area contributed by atoms with Gasteiger partial charge >= 0.3 is 0 Å². The number of aromatic nitrogens is 4. The van der Waals surface area contributed by atoms with E-state index in [-0.39, 0.29) is 42.1 Å². The summed E-state index contributed by atoms with van der Waals surface area (Å²) in [6, 6.07) is 6.58. The Morgan fingerprint density at radius 2 is 1.93 bits per heavy atom. The van der Waals surface area contributed by atoms with Crippen LogP contribution in [0.25, 0.3) is 16.8 Å². The van der Waals surface area contributed by atoms with Gasteiger partial charge in [0, 0.05) is 30.6 Å². The van der Waals surface area contributed by atoms with Crippen molar-refractivity contribution in [2.24, 2.45) is 11.7 Å². The number of nitrogens with one attached hydrogen (secondary N) is 1. The van der Waals surface area contributed by atoms with Crippen molar-refractivity contribution in [2.45, 2.75) is 37.0 Å². The lowest BCUT2D eigenvalue weighted by Gasteiger charge is -2.38. The molecule has 13 heteroatoms. The summed E-state index contributed by atoms with van der Waals surface area (Å²) < 4.78 is 61.0. The summed E-state index contributed by atoms with van der Waals surface area (Å²) in [5.74, 6) is -1.61. The fourth-order valence-electron chi connectivity index (χ4n) is 5.69. The summed E-state index contributed by atoms with van der Waals surface area (Å²) in [5, 5.41) is 16.0. The summed E-state index contributed by atoms with van der Waals surface area (Å²) in [6.45, 7) is 1.53. The van der Waals surface area contributed by atoms with Gasteiger partial charge in [0.05, 0.1) is 46.7 Å². The number of benzene rings is 1. The number of imidazole rings is 1. The molecule has 1 aliphatic rings. The minimum absolute atomic E-state index is 0.0157. The van der Waals surface area contributed by atoms with Crippen LogP contribution in [-0.4, -0.2) is 63.9 Å². The predicted molar refractivity (Wildman–Crippen MR) is 146 cm³/mol. The first kappa shape index (κ1) is 27.9. The molecular weight excluding hydrogens is 542 g/mol. The molecule has 4 aromatic rings. The van der Waals surface area contributed by atoms with Crippen molar-refractivity contribution in [1.82, 2.24) is 19.6 Å². The molecule has 0 spiro atoms. The first-order valence-electron chi connectivity index (χ1n) is 12.8. The van der Waals surface area contributed by atoms with Gasteiger partial charge in [-0.05, 0) is 48.4 Å². The second kappa shape index (κ2) is 11.1. The summed E-state index contributed by atoms with van der Waals surface area (Å²) in [6.07, 6.45) is 7.23. The Bertz CT molecular complexity index is 1610. The van der Waals surface area contributed by atoms with Crippen LogP contribution in [0.15, 0.2) is 48.9 Å². The second-order valence-corrected chi connectivity index (χ2v) is 12.4. The highest BCUT2D eigenvalue weighted by Gasteiger charge is 2.40. The van der Waals surface area contributed by atoms with E-state index in [9.17, 15) is 17.2 Å². The minimum Gasteiger partial charge on any atom is -0.491 e. The van der Waals surface area contributed by atoms with Crippen molar-refractivity contribution in [3.8, 4) is 17.0 Å². The number of hydrogen-bond acceptors (Lipinski definition) is 9. The lowest BCUT2D eigenvalue weighted by atomic mass is 9.76. The van der Waals surface area contributed by atoms with Gasteiger partial charge in [-0.15, -0.1) is 0 Å². The third-order valence-electron chi connectivity index (χ3n) is 7.25. The SMILES string of the molecule is C[C@H]1C[C@@H](c2ccncc2Nc2ncc3ccc(-c4c(F)cc(OCCO)cc4F)nn23)C[C@@H](N)[C@H]1S(C)(=O)=O. The Labute approximate surface area is 230 Å². The number of sulfone groups is 1. The average Bonchev–Trinajstić information content (AvgIpc) is 3.28. The summed E-state index contributed by atoms with van der Waals surface area (Å²) >= 11 is 0. The molecule has 5 rings (SSSR count). The van der Waals surface area contributed by atoms with Gasteiger partial charge in [-0.2, -0.15) is 9.61 Å². The molecule has 4 N–H and O–H groups in total. The van der Waals surface area contributed by atoms with Gasteiger partial charge in [-0.3, -0.25) is 4.98 Å². The summed E-state index contributed by atoms with van der Waals surface area (Å²) in [4.78, 5) is 8.64. The number of ether oxygens (including phenoxy) is 1. The van der Waals surface area contributed by atoms with E-state index in [2.05, 4.69) is 20.4 Å². The van der Waals surface area contributed by atoms with E-state index in [1.165, 1.54) is 16.8 Å². The smallest absolute Gasteiger partial charge is 0.229 e. The quantitative estimate of drug-likeness (QED) is 0.289. The molecule has 0 bridgehead atoms. The van der Waals surface area contributed by atoms with E-state index in [1.54, 1.807) is 24.7 Å². The van der Waals surface area contributed by atoms with Crippen LogP contribution in [0.2, 0.25) is 0 Å². The standard InChI is InChI=1S/C27H30F2N6O4S/c1-15-9-16(10-22(30)26(15)40(2,37)38)19-5-6-31-14-24(19)33-27-32-13-17-3-4-23(34-35(17)27)25-20(28)11-18(12-21(25)29)39-8-7-36/h3-6,11-16,22,26,36H,7-10,30H2,1-2H3,(H,32,33)/t15-,16+,22+,26-/m0/s1. The molecule has 3 heterocycles. The van der Waals surface area contributed by atoms with Crippen molar-refractivity contribution in [3.63, 3.8) is 0 Å². The molecule has 0 saturated heterocycles. The van der Waals surface area contributed by atoms with Crippen LogP contribution in [0.4, 0.5) is 20.4 Å². The highest BCUT2D eigenvalue weighted by atomic mass is 32.2. The zero-order chi connectivity index (χ0) is 28.6. The molecule has 212 valence electrons. The molecular formula is C27H30F2N6O4S. The van der Waals surface area contributed by atoms with Crippen molar-refractivity contribution in [3.05, 3.63) is 66.1 Å². The fourth-order valence-corrected chi connectivity index (χ4v) is 7.39. The number of aliphatic hydroxyl groups excluding tert-OH is 1. The normalized spacial score (nSPS) is 21.4. The van der Waals surface area contributed by atoms with Gasteiger partial charge in [0.25, 0.3) is 0 Å². The van der Waals surface area contributed by atoms with Crippen LogP contribution in [0.5, 0.6) is 5.75 Å². The van der Waals surface area contributed by atoms with Gasteiger partial charge < -0.3 is 20.9 Å². The number of pyridine rings is 1. The van der Waals surface area contributed by atoms with E-state index in [4.69, 9.17) is 15.6 Å². The Morgan fingerprint density at radius 1 is 1.18 bits per heavy atom. The lowest BCUT2D eigenvalue weighted by molar-refractivity contribution is 0.200. The Balaban J connectivity index is 1.46. The molecule has 1 aromatic carbocycles. The third kappa shape index (κ3) is 5.49. The van der Waals surface area contributed by atoms with Crippen LogP contribution in [0.3, 0.4) is 0 Å². The topological polar surface area (TPSA) is 145 Å². The maximum absolute atomic E-state index is 14.9. The average molecular weight is 573 g/mol. The molecule has 0 radical (unpaired) electrons. The fraction of sp³-hybridized carbons (Fsp3) is 0.370. The molecule has 1 fully saturated rings. The van der Waals surface area contributed by atoms with Crippen LogP contribution in [0, 0.1) is 17.6 Å². The Kier molecular flexibility index (Phi) is 7.71. The molecule has 0 aliphatic heterocycles. The largest absolute Gasteiger partial charge is 0.491 e. The van der Waals surface area contributed by atoms with E-state index in [0.29, 0.717) is 30.0 Å². The van der Waals surface area contributed by atoms with Crippen LogP contribution in [-0.2, 0) is 9.84 Å². The molecule has 0 amide bonds. The van der Waals surface area contributed by atoms with Gasteiger partial charge in [0.2, 0.25) is 5.95 Å². The summed E-state index contributed by atoms with van der Waals surface area (Å²) in [5.41, 5.74) is 8.21. The minimum atomic E-state index is -3.29. The van der Waals surface area contributed by atoms with E-state index >= 15 is 0 Å². The number of hydrogen-bond donors (Lipinski definition) is 3. The van der Waals surface area contributed by atoms with Gasteiger partial charge in [-0.25, -0.2) is 22.2 Å². The molecule has 1 aliphatic carbocycles. The molecule has 40 heavy (non-hydrogen) atoms. The monoisotopic (exact) mass is 572 g/mol. The number of aliphatic hydroxyl groups is 1. The predicted octanol–water partition coefficient (Wildman–Crippen LogP) is 3.44. The highest BCUT2D eigenvalue weighted by Crippen LogP contribution is 2.41. The third-order valence-corrected chi connectivity index (χ3v) is 9.05. The lowest BCUT2D eigenvalue weighted by Crippen LogP contribution is -2.48. The van der Waals surface area contributed by atoms with Gasteiger partial charge in [0.1, 0.15) is 24.0 Å². The second-order valence-electron chi connectivity index (χ2n) is 10.2.